The van der Waals surface area contributed by atoms with Crippen molar-refractivity contribution in [3.8, 4) is 0 Å². The molecule has 0 rings (SSSR count). The lowest BCUT2D eigenvalue weighted by Crippen LogP contribution is -2.30. The molecule has 1 atom stereocenters. The van der Waals surface area contributed by atoms with Crippen LogP contribution in [0.2, 0.25) is 0 Å². The van der Waals surface area contributed by atoms with Crippen molar-refractivity contribution < 1.29 is 28.6 Å². The Morgan fingerprint density at radius 2 is 0.562 bits per heavy atom. The van der Waals surface area contributed by atoms with Gasteiger partial charge in [0.25, 0.3) is 0 Å². The average Bonchev–Trinajstić information content (AvgIpc) is 3.39. The maximum absolute atomic E-state index is 12.8. The first-order chi connectivity index (χ1) is 36.0. The minimum Gasteiger partial charge on any atom is -0.462 e. The molecule has 0 spiro atoms. The first-order valence-corrected chi connectivity index (χ1v) is 29.7. The summed E-state index contributed by atoms with van der Waals surface area (Å²) in [5, 5.41) is 0. The Hall–Kier alpha value is -4.45. The third kappa shape index (κ3) is 58.3. The van der Waals surface area contributed by atoms with E-state index in [0.29, 0.717) is 19.3 Å². The molecular formula is C67H108O6. The summed E-state index contributed by atoms with van der Waals surface area (Å²) >= 11 is 0. The lowest BCUT2D eigenvalue weighted by atomic mass is 10.0. The lowest BCUT2D eigenvalue weighted by Gasteiger charge is -2.18. The summed E-state index contributed by atoms with van der Waals surface area (Å²) in [6.45, 7) is 6.31. The van der Waals surface area contributed by atoms with E-state index in [9.17, 15) is 14.4 Å². The maximum Gasteiger partial charge on any atom is 0.306 e. The fourth-order valence-corrected chi connectivity index (χ4v) is 7.75. The van der Waals surface area contributed by atoms with Gasteiger partial charge in [-0.05, 0) is 122 Å². The Kier molecular flexibility index (Phi) is 56.4. The predicted octanol–water partition coefficient (Wildman–Crippen LogP) is 20.2. The van der Waals surface area contributed by atoms with Gasteiger partial charge in [0.05, 0.1) is 0 Å². The molecule has 6 nitrogen and oxygen atoms in total. The number of esters is 3. The van der Waals surface area contributed by atoms with Gasteiger partial charge in [0, 0.05) is 19.3 Å². The van der Waals surface area contributed by atoms with Gasteiger partial charge in [-0.25, -0.2) is 0 Å². The van der Waals surface area contributed by atoms with Crippen molar-refractivity contribution >= 4 is 17.9 Å². The molecule has 0 radical (unpaired) electrons. The van der Waals surface area contributed by atoms with Crippen molar-refractivity contribution in [3.63, 3.8) is 0 Å². The normalized spacial score (nSPS) is 13.1. The molecule has 0 unspecified atom stereocenters. The fourth-order valence-electron chi connectivity index (χ4n) is 7.75. The van der Waals surface area contributed by atoms with Crippen LogP contribution in [0, 0.1) is 0 Å². The molecule has 0 aliphatic rings. The predicted molar refractivity (Wildman–Crippen MR) is 316 cm³/mol. The van der Waals surface area contributed by atoms with E-state index in [-0.39, 0.29) is 44.0 Å². The number of rotatable bonds is 52. The quantitative estimate of drug-likeness (QED) is 0.0261. The Labute approximate surface area is 449 Å². The summed E-state index contributed by atoms with van der Waals surface area (Å²) in [6.07, 6.45) is 84.6. The average molecular weight is 1010 g/mol. The van der Waals surface area contributed by atoms with E-state index in [0.717, 1.165) is 96.3 Å². The lowest BCUT2D eigenvalue weighted by molar-refractivity contribution is -0.166. The zero-order chi connectivity index (χ0) is 52.9. The number of ether oxygens (including phenoxy) is 3. The highest BCUT2D eigenvalue weighted by Gasteiger charge is 2.19. The van der Waals surface area contributed by atoms with Crippen molar-refractivity contribution in [2.75, 3.05) is 13.2 Å². The minimum absolute atomic E-state index is 0.122. The van der Waals surface area contributed by atoms with E-state index in [1.165, 1.54) is 103 Å². The SMILES string of the molecule is CC/C=C\C/C=C\C/C=C\C/C=C\C/C=C\C/C=C\CCC(=O)OC[C@H](COC(=O)CCCCCCCCCCCCC/C=C\CCCCCCCC)OC(=O)CCCC/C=C\C/C=C\C/C=C\C/C=C\CC. The van der Waals surface area contributed by atoms with Crippen LogP contribution in [0.1, 0.15) is 252 Å². The first kappa shape index (κ1) is 68.6. The van der Waals surface area contributed by atoms with Crippen molar-refractivity contribution in [1.29, 1.82) is 0 Å². The van der Waals surface area contributed by atoms with Crippen LogP contribution in [-0.2, 0) is 28.6 Å². The first-order valence-electron chi connectivity index (χ1n) is 29.7. The summed E-state index contributed by atoms with van der Waals surface area (Å²) in [4.78, 5) is 38.2. The van der Waals surface area contributed by atoms with Crippen LogP contribution < -0.4 is 0 Å². The van der Waals surface area contributed by atoms with E-state index in [4.69, 9.17) is 14.2 Å². The Morgan fingerprint density at radius 1 is 0.288 bits per heavy atom. The van der Waals surface area contributed by atoms with Gasteiger partial charge in [0.15, 0.2) is 6.10 Å². The van der Waals surface area contributed by atoms with E-state index >= 15 is 0 Å². The van der Waals surface area contributed by atoms with Crippen molar-refractivity contribution in [2.45, 2.75) is 258 Å². The van der Waals surface area contributed by atoms with Gasteiger partial charge in [-0.1, -0.05) is 244 Å². The second-order valence-corrected chi connectivity index (χ2v) is 19.1. The molecule has 0 aliphatic carbocycles. The second-order valence-electron chi connectivity index (χ2n) is 19.1. The van der Waals surface area contributed by atoms with Crippen molar-refractivity contribution in [2.24, 2.45) is 0 Å². The number of hydrogen-bond donors (Lipinski definition) is 0. The van der Waals surface area contributed by atoms with Gasteiger partial charge in [-0.2, -0.15) is 0 Å². The number of unbranched alkanes of at least 4 members (excludes halogenated alkanes) is 19. The Balaban J connectivity index is 4.52. The largest absolute Gasteiger partial charge is 0.462 e. The number of hydrogen-bond acceptors (Lipinski definition) is 6. The van der Waals surface area contributed by atoms with Gasteiger partial charge in [-0.15, -0.1) is 0 Å². The molecule has 0 N–H and O–H groups in total. The summed E-state index contributed by atoms with van der Waals surface area (Å²) in [5.41, 5.74) is 0. The van der Waals surface area contributed by atoms with Crippen molar-refractivity contribution in [1.82, 2.24) is 0 Å². The van der Waals surface area contributed by atoms with Crippen LogP contribution in [0.5, 0.6) is 0 Å². The molecule has 0 saturated heterocycles. The molecule has 6 heteroatoms. The summed E-state index contributed by atoms with van der Waals surface area (Å²) in [6, 6.07) is 0. The van der Waals surface area contributed by atoms with E-state index in [1.54, 1.807) is 0 Å². The van der Waals surface area contributed by atoms with Crippen LogP contribution in [0.25, 0.3) is 0 Å². The highest BCUT2D eigenvalue weighted by molar-refractivity contribution is 5.71. The molecule has 0 amide bonds. The van der Waals surface area contributed by atoms with E-state index < -0.39 is 6.10 Å². The molecule has 412 valence electrons. The molecule has 0 saturated carbocycles. The highest BCUT2D eigenvalue weighted by Crippen LogP contribution is 2.14. The smallest absolute Gasteiger partial charge is 0.306 e. The number of carbonyl (C=O) groups excluding carboxylic acids is 3. The number of allylic oxidation sites excluding steroid dienone is 22. The molecule has 0 fully saturated rings. The van der Waals surface area contributed by atoms with Crippen LogP contribution in [-0.4, -0.2) is 37.2 Å². The second kappa shape index (κ2) is 60.1. The van der Waals surface area contributed by atoms with E-state index in [2.05, 4.69) is 142 Å². The van der Waals surface area contributed by atoms with Gasteiger partial charge in [0.2, 0.25) is 0 Å². The Morgan fingerprint density at radius 3 is 0.959 bits per heavy atom. The van der Waals surface area contributed by atoms with Crippen LogP contribution >= 0.6 is 0 Å². The molecule has 0 heterocycles. The standard InChI is InChI=1S/C67H108O6/c1-4-7-10-13-16-19-22-25-28-30-32-33-35-37-40-42-45-48-51-54-57-60-66(69)72-63-64(73-67(70)61-58-55-52-49-46-43-38-27-24-21-18-15-12-9-6-3)62-71-65(68)59-56-53-50-47-44-41-39-36-34-31-29-26-23-20-17-14-11-8-5-2/h8-9,11-12,17-18,20-21,25-29,34,36,38,41,44,46,49-50,53,64H,4-7,10,13-16,19,22-24,30-33,35,37,39-40,42-43,45,47-48,51-52,54-63H2,1-3H3/b11-8-,12-9-,20-17-,21-18-,28-25-,29-26-,36-34-,38-27-,44-41-,49-46-,53-50-/t64-/m1/s1. The maximum atomic E-state index is 12.8. The molecule has 0 aromatic rings. The van der Waals surface area contributed by atoms with Crippen LogP contribution in [0.15, 0.2) is 134 Å². The van der Waals surface area contributed by atoms with E-state index in [1.807, 2.05) is 12.2 Å². The zero-order valence-corrected chi connectivity index (χ0v) is 47.1. The molecule has 0 aromatic carbocycles. The van der Waals surface area contributed by atoms with Crippen LogP contribution in [0.4, 0.5) is 0 Å². The zero-order valence-electron chi connectivity index (χ0n) is 47.1. The van der Waals surface area contributed by atoms with Crippen molar-refractivity contribution in [3.05, 3.63) is 134 Å². The Bertz CT molecular complexity index is 1580. The summed E-state index contributed by atoms with van der Waals surface area (Å²) in [5.74, 6) is -1.06. The number of carbonyl (C=O) groups is 3. The van der Waals surface area contributed by atoms with Gasteiger partial charge in [-0.3, -0.25) is 14.4 Å². The van der Waals surface area contributed by atoms with Crippen LogP contribution in [0.3, 0.4) is 0 Å². The molecule has 0 aromatic heterocycles. The monoisotopic (exact) mass is 1010 g/mol. The highest BCUT2D eigenvalue weighted by atomic mass is 16.6. The molecule has 0 bridgehead atoms. The van der Waals surface area contributed by atoms with Gasteiger partial charge < -0.3 is 14.2 Å². The third-order valence-electron chi connectivity index (χ3n) is 12.1. The molecule has 0 aliphatic heterocycles. The minimum atomic E-state index is -0.836. The summed E-state index contributed by atoms with van der Waals surface area (Å²) < 4.78 is 16.8. The topological polar surface area (TPSA) is 78.9 Å². The van der Waals surface area contributed by atoms with Gasteiger partial charge >= 0.3 is 17.9 Å². The molecular weight excluding hydrogens is 901 g/mol. The fraction of sp³-hybridized carbons (Fsp3) is 0.627. The molecule has 73 heavy (non-hydrogen) atoms. The third-order valence-corrected chi connectivity index (χ3v) is 12.1. The van der Waals surface area contributed by atoms with Gasteiger partial charge in [0.1, 0.15) is 13.2 Å². The summed E-state index contributed by atoms with van der Waals surface area (Å²) in [7, 11) is 0.